The molecule has 0 N–H and O–H groups in total. The smallest absolute Gasteiger partial charge is 0.160 e. The molecule has 6 heteroatoms. The zero-order valence-electron chi connectivity index (χ0n) is 28.8. The van der Waals surface area contributed by atoms with Crippen molar-refractivity contribution in [3.05, 3.63) is 170 Å². The summed E-state index contributed by atoms with van der Waals surface area (Å²) in [6.45, 7) is 0. The fraction of sp³-hybridized carbons (Fsp3) is 0. The number of nitrogens with zero attached hydrogens (tertiary/aromatic N) is 4. The number of thiophene rings is 1. The van der Waals surface area contributed by atoms with E-state index >= 15 is 0 Å². The van der Waals surface area contributed by atoms with E-state index in [-0.39, 0.29) is 0 Å². The topological polar surface area (TPSA) is 64.7 Å². The SMILES string of the molecule is c1ccc(-c2nc(-c3ccc(-c4nc5ccccc5nc4-c4ccc5sc6ccccc6c5c4)cc3)cc(-c3ccc4c(c3)oc3ccccc34)n2)cc1. The molecular weight excluding hydrogens is 681 g/mol. The Balaban J connectivity index is 1.03. The van der Waals surface area contributed by atoms with E-state index in [1.165, 1.54) is 20.2 Å². The normalized spacial score (nSPS) is 11.7. The summed E-state index contributed by atoms with van der Waals surface area (Å²) in [6.07, 6.45) is 0. The van der Waals surface area contributed by atoms with Crippen LogP contribution in [-0.2, 0) is 0 Å². The molecule has 0 unspecified atom stereocenters. The molecule has 11 aromatic rings. The highest BCUT2D eigenvalue weighted by atomic mass is 32.1. The Labute approximate surface area is 313 Å². The minimum absolute atomic E-state index is 0.663. The van der Waals surface area contributed by atoms with Gasteiger partial charge in [-0.15, -0.1) is 11.3 Å². The largest absolute Gasteiger partial charge is 0.456 e. The molecule has 4 aromatic heterocycles. The fourth-order valence-electron chi connectivity index (χ4n) is 7.42. The molecule has 0 atom stereocenters. The highest BCUT2D eigenvalue weighted by Gasteiger charge is 2.17. The van der Waals surface area contributed by atoms with Crippen LogP contribution in [0.15, 0.2) is 174 Å². The first-order valence-electron chi connectivity index (χ1n) is 17.9. The molecule has 0 aliphatic rings. The van der Waals surface area contributed by atoms with Crippen LogP contribution < -0.4 is 0 Å². The Morgan fingerprint density at radius 2 is 0.944 bits per heavy atom. The summed E-state index contributed by atoms with van der Waals surface area (Å²) < 4.78 is 8.79. The molecule has 0 fully saturated rings. The third-order valence-corrected chi connectivity index (χ3v) is 11.3. The van der Waals surface area contributed by atoms with E-state index in [9.17, 15) is 0 Å². The van der Waals surface area contributed by atoms with E-state index in [0.29, 0.717) is 5.82 Å². The Kier molecular flexibility index (Phi) is 6.97. The first kappa shape index (κ1) is 30.6. The van der Waals surface area contributed by atoms with E-state index in [0.717, 1.165) is 83.6 Å². The monoisotopic (exact) mass is 708 g/mol. The molecule has 252 valence electrons. The van der Waals surface area contributed by atoms with Crippen molar-refractivity contribution >= 4 is 64.5 Å². The summed E-state index contributed by atoms with van der Waals surface area (Å²) in [4.78, 5) is 20.6. The summed E-state index contributed by atoms with van der Waals surface area (Å²) in [6, 6.07) is 58.4. The van der Waals surface area contributed by atoms with Crippen LogP contribution in [0.4, 0.5) is 0 Å². The number of para-hydroxylation sites is 3. The van der Waals surface area contributed by atoms with Crippen LogP contribution in [0.5, 0.6) is 0 Å². The van der Waals surface area contributed by atoms with Gasteiger partial charge in [-0.25, -0.2) is 19.9 Å². The van der Waals surface area contributed by atoms with Crippen LogP contribution in [-0.4, -0.2) is 19.9 Å². The molecule has 0 spiro atoms. The van der Waals surface area contributed by atoms with Crippen LogP contribution in [0.2, 0.25) is 0 Å². The lowest BCUT2D eigenvalue weighted by Crippen LogP contribution is -1.97. The highest BCUT2D eigenvalue weighted by Crippen LogP contribution is 2.39. The number of benzene rings is 7. The van der Waals surface area contributed by atoms with Gasteiger partial charge in [0.05, 0.1) is 33.8 Å². The minimum atomic E-state index is 0.663. The maximum Gasteiger partial charge on any atom is 0.160 e. The molecule has 0 saturated heterocycles. The molecule has 0 aliphatic heterocycles. The van der Waals surface area contributed by atoms with Crippen LogP contribution >= 0.6 is 11.3 Å². The van der Waals surface area contributed by atoms with Gasteiger partial charge >= 0.3 is 0 Å². The maximum atomic E-state index is 6.25. The van der Waals surface area contributed by atoms with Gasteiger partial charge in [-0.2, -0.15) is 0 Å². The van der Waals surface area contributed by atoms with Gasteiger partial charge in [0.1, 0.15) is 11.2 Å². The van der Waals surface area contributed by atoms with Gasteiger partial charge in [0.2, 0.25) is 0 Å². The van der Waals surface area contributed by atoms with Gasteiger partial charge in [-0.3, -0.25) is 0 Å². The molecule has 0 bridgehead atoms. The van der Waals surface area contributed by atoms with E-state index in [2.05, 4.69) is 97.1 Å². The molecule has 0 radical (unpaired) electrons. The molecule has 0 amide bonds. The van der Waals surface area contributed by atoms with Crippen molar-refractivity contribution in [2.45, 2.75) is 0 Å². The number of hydrogen-bond acceptors (Lipinski definition) is 6. The molecule has 11 rings (SSSR count). The highest BCUT2D eigenvalue weighted by molar-refractivity contribution is 7.25. The van der Waals surface area contributed by atoms with Crippen LogP contribution in [0.1, 0.15) is 0 Å². The van der Waals surface area contributed by atoms with Gasteiger partial charge in [-0.1, -0.05) is 115 Å². The van der Waals surface area contributed by atoms with Crippen molar-refractivity contribution in [1.29, 1.82) is 0 Å². The summed E-state index contributed by atoms with van der Waals surface area (Å²) in [5.74, 6) is 0.663. The number of rotatable bonds is 5. The maximum absolute atomic E-state index is 6.25. The van der Waals surface area contributed by atoms with Crippen molar-refractivity contribution in [3.63, 3.8) is 0 Å². The third kappa shape index (κ3) is 5.15. The lowest BCUT2D eigenvalue weighted by atomic mass is 9.99. The molecule has 54 heavy (non-hydrogen) atoms. The Bertz CT molecular complexity index is 3220. The van der Waals surface area contributed by atoms with Crippen molar-refractivity contribution < 1.29 is 4.42 Å². The molecule has 0 saturated carbocycles. The predicted octanol–water partition coefficient (Wildman–Crippen LogP) is 13.0. The summed E-state index contributed by atoms with van der Waals surface area (Å²) in [5.41, 5.74) is 11.7. The standard InChI is InChI=1S/C48H28N4OS/c1-2-10-31(11-3-1)48-51-40(28-41(52-48)32-22-24-35-34-12-4-8-16-42(34)53-43(35)27-32)29-18-20-30(21-19-29)46-47(50-39-15-7-6-14-38(39)49-46)33-23-25-45-37(26-33)36-13-5-9-17-44(36)54-45/h1-28H. The molecule has 7 aromatic carbocycles. The Hall–Kier alpha value is -7.02. The van der Waals surface area contributed by atoms with E-state index in [1.54, 1.807) is 0 Å². The van der Waals surface area contributed by atoms with E-state index < -0.39 is 0 Å². The average molecular weight is 709 g/mol. The predicted molar refractivity (Wildman–Crippen MR) is 222 cm³/mol. The second-order valence-electron chi connectivity index (χ2n) is 13.4. The zero-order valence-corrected chi connectivity index (χ0v) is 29.6. The van der Waals surface area contributed by atoms with E-state index in [4.69, 9.17) is 24.4 Å². The fourth-order valence-corrected chi connectivity index (χ4v) is 8.51. The Morgan fingerprint density at radius 1 is 0.352 bits per heavy atom. The lowest BCUT2D eigenvalue weighted by molar-refractivity contribution is 0.669. The van der Waals surface area contributed by atoms with E-state index in [1.807, 2.05) is 84.1 Å². The second kappa shape index (κ2) is 12.3. The number of hydrogen-bond donors (Lipinski definition) is 0. The molecule has 4 heterocycles. The van der Waals surface area contributed by atoms with Crippen LogP contribution in [0.25, 0.3) is 110 Å². The van der Waals surface area contributed by atoms with Crippen molar-refractivity contribution in [2.75, 3.05) is 0 Å². The van der Waals surface area contributed by atoms with Crippen molar-refractivity contribution in [1.82, 2.24) is 19.9 Å². The van der Waals surface area contributed by atoms with Crippen molar-refractivity contribution in [3.8, 4) is 56.4 Å². The average Bonchev–Trinajstić information content (AvgIpc) is 3.81. The van der Waals surface area contributed by atoms with Gasteiger partial charge in [0.15, 0.2) is 5.82 Å². The zero-order chi connectivity index (χ0) is 35.6. The Morgan fingerprint density at radius 3 is 1.76 bits per heavy atom. The number of furan rings is 1. The molecular formula is C48H28N4OS. The first-order chi connectivity index (χ1) is 26.7. The second-order valence-corrected chi connectivity index (χ2v) is 14.5. The quantitative estimate of drug-likeness (QED) is 0.178. The lowest BCUT2D eigenvalue weighted by Gasteiger charge is -2.12. The summed E-state index contributed by atoms with van der Waals surface area (Å²) in [7, 11) is 0. The summed E-state index contributed by atoms with van der Waals surface area (Å²) in [5, 5.41) is 4.68. The first-order valence-corrected chi connectivity index (χ1v) is 18.7. The number of aromatic nitrogens is 4. The van der Waals surface area contributed by atoms with Gasteiger partial charge in [0, 0.05) is 58.8 Å². The molecule has 0 aliphatic carbocycles. The third-order valence-electron chi connectivity index (χ3n) is 10.1. The van der Waals surface area contributed by atoms with Gasteiger partial charge in [-0.05, 0) is 54.6 Å². The van der Waals surface area contributed by atoms with Crippen LogP contribution in [0.3, 0.4) is 0 Å². The van der Waals surface area contributed by atoms with Gasteiger partial charge in [0.25, 0.3) is 0 Å². The van der Waals surface area contributed by atoms with Gasteiger partial charge < -0.3 is 4.42 Å². The molecule has 5 nitrogen and oxygen atoms in total. The number of fused-ring (bicyclic) bond motifs is 7. The minimum Gasteiger partial charge on any atom is -0.456 e. The van der Waals surface area contributed by atoms with Crippen LogP contribution in [0, 0.1) is 0 Å². The van der Waals surface area contributed by atoms with Crippen molar-refractivity contribution in [2.24, 2.45) is 0 Å². The summed E-state index contributed by atoms with van der Waals surface area (Å²) >= 11 is 1.82.